The molecule has 5 nitrogen and oxygen atoms in total. The zero-order valence-corrected chi connectivity index (χ0v) is 12.8. The van der Waals surface area contributed by atoms with Gasteiger partial charge in [-0.15, -0.1) is 0 Å². The van der Waals surface area contributed by atoms with E-state index in [0.29, 0.717) is 25.4 Å². The predicted octanol–water partition coefficient (Wildman–Crippen LogP) is 1.85. The number of nitrogens with zero attached hydrogens (tertiary/aromatic N) is 1. The van der Waals surface area contributed by atoms with Crippen LogP contribution in [0.2, 0.25) is 0 Å². The quantitative estimate of drug-likeness (QED) is 0.855. The Morgan fingerprint density at radius 1 is 1.45 bits per heavy atom. The van der Waals surface area contributed by atoms with Crippen molar-refractivity contribution in [1.29, 1.82) is 0 Å². The van der Waals surface area contributed by atoms with E-state index in [-0.39, 0.29) is 17.6 Å². The highest BCUT2D eigenvalue weighted by Gasteiger charge is 2.51. The lowest BCUT2D eigenvalue weighted by Crippen LogP contribution is -2.42. The molecule has 2 fully saturated rings. The van der Waals surface area contributed by atoms with Gasteiger partial charge in [-0.1, -0.05) is 0 Å². The number of hydrogen-bond acceptors (Lipinski definition) is 4. The Hall–Kier alpha value is -1.66. The van der Waals surface area contributed by atoms with E-state index < -0.39 is 11.4 Å². The number of amides is 1. The number of benzene rings is 1. The van der Waals surface area contributed by atoms with Crippen LogP contribution in [0.4, 0.5) is 4.39 Å². The highest BCUT2D eigenvalue weighted by molar-refractivity contribution is 5.97. The third-order valence-corrected chi connectivity index (χ3v) is 4.53. The van der Waals surface area contributed by atoms with Crippen LogP contribution < -0.4 is 4.74 Å². The van der Waals surface area contributed by atoms with Crippen molar-refractivity contribution in [2.45, 2.75) is 24.5 Å². The van der Waals surface area contributed by atoms with E-state index in [1.165, 1.54) is 25.3 Å². The third-order valence-electron chi connectivity index (χ3n) is 4.53. The summed E-state index contributed by atoms with van der Waals surface area (Å²) >= 11 is 0. The maximum absolute atomic E-state index is 13.5. The van der Waals surface area contributed by atoms with Crippen LogP contribution in [0.5, 0.6) is 5.75 Å². The second-order valence-corrected chi connectivity index (χ2v) is 5.77. The molecule has 120 valence electrons. The number of carbonyl (C=O) groups is 1. The smallest absolute Gasteiger partial charge is 0.257 e. The molecule has 0 N–H and O–H groups in total. The minimum absolute atomic E-state index is 0.154. The predicted molar refractivity (Wildman–Crippen MR) is 77.6 cm³/mol. The zero-order chi connectivity index (χ0) is 15.7. The SMILES string of the molecule is COc1ccc(F)cc1C(=O)N1C[C@H](OC)[C@]2(CCCO2)C1. The molecule has 2 aliphatic rings. The average Bonchev–Trinajstić information content (AvgIpc) is 3.14. The van der Waals surface area contributed by atoms with Crippen LogP contribution in [-0.2, 0) is 9.47 Å². The van der Waals surface area contributed by atoms with E-state index in [0.717, 1.165) is 12.8 Å². The van der Waals surface area contributed by atoms with Gasteiger partial charge in [0.2, 0.25) is 0 Å². The molecule has 1 amide bonds. The Kier molecular flexibility index (Phi) is 4.06. The van der Waals surface area contributed by atoms with Crippen molar-refractivity contribution in [3.63, 3.8) is 0 Å². The lowest BCUT2D eigenvalue weighted by Gasteiger charge is -2.27. The van der Waals surface area contributed by atoms with E-state index in [2.05, 4.69) is 0 Å². The molecular weight excluding hydrogens is 289 g/mol. The summed E-state index contributed by atoms with van der Waals surface area (Å²) in [6, 6.07) is 3.96. The number of carbonyl (C=O) groups excluding carboxylic acids is 1. The first kappa shape index (κ1) is 15.2. The molecular formula is C16H20FNO4. The fourth-order valence-electron chi connectivity index (χ4n) is 3.42. The summed E-state index contributed by atoms with van der Waals surface area (Å²) in [6.07, 6.45) is 1.68. The van der Waals surface area contributed by atoms with E-state index in [9.17, 15) is 9.18 Å². The summed E-state index contributed by atoms with van der Waals surface area (Å²) in [5, 5.41) is 0. The van der Waals surface area contributed by atoms with Gasteiger partial charge in [-0.25, -0.2) is 4.39 Å². The Bertz CT molecular complexity index is 571. The molecule has 6 heteroatoms. The lowest BCUT2D eigenvalue weighted by atomic mass is 9.96. The Labute approximate surface area is 128 Å². The Morgan fingerprint density at radius 2 is 2.27 bits per heavy atom. The number of methoxy groups -OCH3 is 2. The van der Waals surface area contributed by atoms with Gasteiger partial charge in [0.1, 0.15) is 23.3 Å². The monoisotopic (exact) mass is 309 g/mol. The van der Waals surface area contributed by atoms with Crippen molar-refractivity contribution in [2.75, 3.05) is 33.9 Å². The molecule has 22 heavy (non-hydrogen) atoms. The first-order chi connectivity index (χ1) is 10.6. The van der Waals surface area contributed by atoms with Gasteiger partial charge >= 0.3 is 0 Å². The second-order valence-electron chi connectivity index (χ2n) is 5.77. The van der Waals surface area contributed by atoms with Gasteiger partial charge in [0.15, 0.2) is 0 Å². The largest absolute Gasteiger partial charge is 0.496 e. The highest BCUT2D eigenvalue weighted by Crippen LogP contribution is 2.37. The normalized spacial score (nSPS) is 27.6. The van der Waals surface area contributed by atoms with Crippen molar-refractivity contribution >= 4 is 5.91 Å². The van der Waals surface area contributed by atoms with Gasteiger partial charge in [-0.05, 0) is 31.0 Å². The molecule has 3 rings (SSSR count). The summed E-state index contributed by atoms with van der Waals surface area (Å²) in [7, 11) is 3.10. The molecule has 0 aromatic heterocycles. The number of ether oxygens (including phenoxy) is 3. The topological polar surface area (TPSA) is 48.0 Å². The van der Waals surface area contributed by atoms with Gasteiger partial charge in [0.25, 0.3) is 5.91 Å². The van der Waals surface area contributed by atoms with Crippen LogP contribution in [0.3, 0.4) is 0 Å². The van der Waals surface area contributed by atoms with Crippen molar-refractivity contribution in [3.8, 4) is 5.75 Å². The molecule has 0 unspecified atom stereocenters. The molecule has 1 spiro atoms. The lowest BCUT2D eigenvalue weighted by molar-refractivity contribution is -0.0754. The number of hydrogen-bond donors (Lipinski definition) is 0. The minimum Gasteiger partial charge on any atom is -0.496 e. The van der Waals surface area contributed by atoms with Crippen LogP contribution >= 0.6 is 0 Å². The first-order valence-corrected chi connectivity index (χ1v) is 7.39. The van der Waals surface area contributed by atoms with Crippen molar-refractivity contribution in [1.82, 2.24) is 4.90 Å². The molecule has 2 aliphatic heterocycles. The van der Waals surface area contributed by atoms with Crippen molar-refractivity contribution in [3.05, 3.63) is 29.6 Å². The molecule has 0 saturated carbocycles. The molecule has 2 atom stereocenters. The maximum Gasteiger partial charge on any atom is 0.257 e. The van der Waals surface area contributed by atoms with Crippen molar-refractivity contribution in [2.24, 2.45) is 0 Å². The van der Waals surface area contributed by atoms with Crippen LogP contribution in [-0.4, -0.2) is 56.4 Å². The number of rotatable bonds is 3. The first-order valence-electron chi connectivity index (χ1n) is 7.39. The third kappa shape index (κ3) is 2.46. The van der Waals surface area contributed by atoms with Gasteiger partial charge in [-0.3, -0.25) is 4.79 Å². The van der Waals surface area contributed by atoms with E-state index in [1.807, 2.05) is 0 Å². The number of likely N-dealkylation sites (tertiary alicyclic amines) is 1. The molecule has 1 aromatic carbocycles. The minimum atomic E-state index is -0.460. The van der Waals surface area contributed by atoms with Gasteiger partial charge in [0, 0.05) is 13.7 Å². The standard InChI is InChI=1S/C16H20FNO4/c1-20-13-5-4-11(17)8-12(13)15(19)18-9-14(21-2)16(10-18)6-3-7-22-16/h4-5,8,14H,3,6-7,9-10H2,1-2H3/t14-,16-/m0/s1. The fraction of sp³-hybridized carbons (Fsp3) is 0.562. The highest BCUT2D eigenvalue weighted by atomic mass is 19.1. The van der Waals surface area contributed by atoms with Crippen LogP contribution in [0.1, 0.15) is 23.2 Å². The van der Waals surface area contributed by atoms with Crippen LogP contribution in [0.15, 0.2) is 18.2 Å². The van der Waals surface area contributed by atoms with E-state index in [4.69, 9.17) is 14.2 Å². The maximum atomic E-state index is 13.5. The van der Waals surface area contributed by atoms with E-state index >= 15 is 0 Å². The molecule has 0 bridgehead atoms. The summed E-state index contributed by atoms with van der Waals surface area (Å²) in [5.41, 5.74) is -0.197. The molecule has 0 aliphatic carbocycles. The summed E-state index contributed by atoms with van der Waals surface area (Å²) in [4.78, 5) is 14.4. The average molecular weight is 309 g/mol. The molecule has 2 heterocycles. The summed E-state index contributed by atoms with van der Waals surface area (Å²) in [6.45, 7) is 1.59. The molecule has 1 aromatic rings. The second kappa shape index (κ2) is 5.85. The molecule has 0 radical (unpaired) electrons. The fourth-order valence-corrected chi connectivity index (χ4v) is 3.42. The van der Waals surface area contributed by atoms with Crippen LogP contribution in [0, 0.1) is 5.82 Å². The van der Waals surface area contributed by atoms with Gasteiger partial charge in [0.05, 0.1) is 25.8 Å². The molecule has 2 saturated heterocycles. The summed E-state index contributed by atoms with van der Waals surface area (Å²) < 4.78 is 30.1. The Morgan fingerprint density at radius 3 is 2.91 bits per heavy atom. The van der Waals surface area contributed by atoms with Crippen molar-refractivity contribution < 1.29 is 23.4 Å². The van der Waals surface area contributed by atoms with Crippen LogP contribution in [0.25, 0.3) is 0 Å². The van der Waals surface area contributed by atoms with Gasteiger partial charge < -0.3 is 19.1 Å². The Balaban J connectivity index is 1.86. The number of halogens is 1. The summed E-state index contributed by atoms with van der Waals surface area (Å²) in [5.74, 6) is -0.349. The zero-order valence-electron chi connectivity index (χ0n) is 12.8. The van der Waals surface area contributed by atoms with E-state index in [1.54, 1.807) is 12.0 Å². The van der Waals surface area contributed by atoms with Gasteiger partial charge in [-0.2, -0.15) is 0 Å².